The molecule has 0 aliphatic rings. The first-order chi connectivity index (χ1) is 31.1. The Bertz CT molecular complexity index is 992. The predicted molar refractivity (Wildman–Crippen MR) is 275 cm³/mol. The van der Waals surface area contributed by atoms with Crippen LogP contribution in [-0.2, 0) is 27.9 Å². The minimum atomic E-state index is -4.27. The number of phosphoric acid groups is 1. The fourth-order valence-electron chi connectivity index (χ4n) is 8.56. The van der Waals surface area contributed by atoms with E-state index in [1.54, 1.807) is 0 Å². The van der Waals surface area contributed by atoms with Gasteiger partial charge in [-0.1, -0.05) is 271 Å². The second kappa shape index (κ2) is 48.9. The van der Waals surface area contributed by atoms with E-state index in [1.165, 1.54) is 238 Å². The summed E-state index contributed by atoms with van der Waals surface area (Å²) >= 11 is 0. The molecule has 0 bridgehead atoms. The highest BCUT2D eigenvalue weighted by molar-refractivity contribution is 7.47. The Morgan fingerprint density at radius 2 is 0.719 bits per heavy atom. The second-order valence-corrected chi connectivity index (χ2v) is 22.1. The van der Waals surface area contributed by atoms with Gasteiger partial charge < -0.3 is 18.9 Å². The maximum Gasteiger partial charge on any atom is 0.472 e. The summed E-state index contributed by atoms with van der Waals surface area (Å²) in [5.41, 5.74) is 0. The summed E-state index contributed by atoms with van der Waals surface area (Å²) in [4.78, 5) is 23.0. The van der Waals surface area contributed by atoms with E-state index in [9.17, 15) is 14.3 Å². The Hall–Kier alpha value is -0.500. The van der Waals surface area contributed by atoms with E-state index < -0.39 is 13.9 Å². The molecule has 0 aliphatic carbocycles. The lowest BCUT2D eigenvalue weighted by molar-refractivity contribution is -0.870. The van der Waals surface area contributed by atoms with Crippen molar-refractivity contribution in [2.24, 2.45) is 0 Å². The SMILES string of the molecule is CCCCCCCCCCCCCCCCCCCCCCCCCCCCOCC(COP(=O)(O)OCC[N+](C)(C)C)OC(=O)CCCCCCCCCCCCCCCCCC. The standard InChI is InChI=1S/C55H112NO7P/c1-6-8-10-12-14-16-18-20-22-24-25-26-27-28-29-30-31-32-33-35-37-39-41-43-45-47-50-60-52-54(53-62-64(58,59)61-51-49-56(3,4)5)63-55(57)48-46-44-42-40-38-36-34-23-21-19-17-15-13-11-9-7-2/h54H,6-53H2,1-5H3/p+1. The number of likely N-dealkylation sites (N-methyl/N-ethyl adjacent to an activating group) is 1. The number of quaternary nitrogens is 1. The van der Waals surface area contributed by atoms with E-state index in [4.69, 9.17) is 18.5 Å². The second-order valence-electron chi connectivity index (χ2n) is 20.7. The minimum Gasteiger partial charge on any atom is -0.457 e. The zero-order valence-electron chi connectivity index (χ0n) is 43.8. The van der Waals surface area contributed by atoms with Crippen molar-refractivity contribution in [3.63, 3.8) is 0 Å². The first-order valence-electron chi connectivity index (χ1n) is 28.3. The molecule has 0 radical (unpaired) electrons. The molecule has 0 spiro atoms. The molecule has 0 aromatic rings. The van der Waals surface area contributed by atoms with Crippen LogP contribution in [0.1, 0.15) is 290 Å². The summed E-state index contributed by atoms with van der Waals surface area (Å²) in [6.07, 6.45) is 55.9. The number of esters is 1. The summed E-state index contributed by atoms with van der Waals surface area (Å²) in [5, 5.41) is 0. The number of rotatable bonds is 54. The van der Waals surface area contributed by atoms with Crippen LogP contribution in [-0.4, -0.2) is 75.6 Å². The van der Waals surface area contributed by atoms with E-state index in [0.717, 1.165) is 32.1 Å². The van der Waals surface area contributed by atoms with Crippen LogP contribution in [0, 0.1) is 0 Å². The average Bonchev–Trinajstić information content (AvgIpc) is 3.25. The Labute approximate surface area is 399 Å². The fraction of sp³-hybridized carbons (Fsp3) is 0.982. The van der Waals surface area contributed by atoms with Gasteiger partial charge in [0.25, 0.3) is 0 Å². The Morgan fingerprint density at radius 3 is 1.03 bits per heavy atom. The molecule has 2 atom stereocenters. The maximum absolute atomic E-state index is 12.8. The molecule has 9 heteroatoms. The van der Waals surface area contributed by atoms with Gasteiger partial charge >= 0.3 is 13.8 Å². The molecule has 2 unspecified atom stereocenters. The number of nitrogens with zero attached hydrogens (tertiary/aromatic N) is 1. The number of hydrogen-bond acceptors (Lipinski definition) is 6. The van der Waals surface area contributed by atoms with Crippen molar-refractivity contribution in [2.45, 2.75) is 296 Å². The molecule has 0 rings (SSSR count). The summed E-state index contributed by atoms with van der Waals surface area (Å²) in [6.45, 7) is 5.71. The fourth-order valence-corrected chi connectivity index (χ4v) is 9.30. The molecular formula is C55H113NO7P+. The van der Waals surface area contributed by atoms with Crippen LogP contribution in [0.25, 0.3) is 0 Å². The molecule has 0 aromatic heterocycles. The molecule has 384 valence electrons. The third-order valence-corrected chi connectivity index (χ3v) is 13.9. The summed E-state index contributed by atoms with van der Waals surface area (Å²) in [5.74, 6) is -0.304. The normalized spacial score (nSPS) is 13.4. The highest BCUT2D eigenvalue weighted by atomic mass is 31.2. The Kier molecular flexibility index (Phi) is 48.6. The Morgan fingerprint density at radius 1 is 0.422 bits per heavy atom. The number of carbonyl (C=O) groups is 1. The van der Waals surface area contributed by atoms with Crippen molar-refractivity contribution >= 4 is 13.8 Å². The van der Waals surface area contributed by atoms with E-state index in [0.29, 0.717) is 24.1 Å². The molecule has 0 aliphatic heterocycles. The van der Waals surface area contributed by atoms with Crippen LogP contribution in [0.5, 0.6) is 0 Å². The number of carbonyl (C=O) groups excluding carboxylic acids is 1. The number of hydrogen-bond donors (Lipinski definition) is 1. The molecule has 0 fully saturated rings. The van der Waals surface area contributed by atoms with Gasteiger partial charge in [-0.3, -0.25) is 13.8 Å². The van der Waals surface area contributed by atoms with Crippen molar-refractivity contribution in [2.75, 3.05) is 54.1 Å². The molecule has 0 saturated carbocycles. The predicted octanol–water partition coefficient (Wildman–Crippen LogP) is 17.6. The van der Waals surface area contributed by atoms with E-state index >= 15 is 0 Å². The van der Waals surface area contributed by atoms with Gasteiger partial charge in [-0.05, 0) is 12.8 Å². The lowest BCUT2D eigenvalue weighted by Crippen LogP contribution is -2.37. The van der Waals surface area contributed by atoms with Crippen LogP contribution in [0.4, 0.5) is 0 Å². The summed E-state index contributed by atoms with van der Waals surface area (Å²) < 4.78 is 35.2. The topological polar surface area (TPSA) is 91.3 Å². The highest BCUT2D eigenvalue weighted by Gasteiger charge is 2.26. The van der Waals surface area contributed by atoms with Crippen molar-refractivity contribution in [3.05, 3.63) is 0 Å². The van der Waals surface area contributed by atoms with E-state index in [1.807, 2.05) is 21.1 Å². The quantitative estimate of drug-likeness (QED) is 0.0281. The van der Waals surface area contributed by atoms with Crippen molar-refractivity contribution in [1.82, 2.24) is 0 Å². The summed E-state index contributed by atoms with van der Waals surface area (Å²) in [6, 6.07) is 0. The van der Waals surface area contributed by atoms with Crippen LogP contribution in [0.3, 0.4) is 0 Å². The van der Waals surface area contributed by atoms with Gasteiger partial charge in [0.2, 0.25) is 0 Å². The Balaban J connectivity index is 3.97. The van der Waals surface area contributed by atoms with Gasteiger partial charge in [0.1, 0.15) is 19.3 Å². The zero-order chi connectivity index (χ0) is 46.9. The number of phosphoric ester groups is 1. The van der Waals surface area contributed by atoms with Crippen molar-refractivity contribution < 1.29 is 37.3 Å². The van der Waals surface area contributed by atoms with Gasteiger partial charge in [0.15, 0.2) is 0 Å². The molecule has 0 saturated heterocycles. The van der Waals surface area contributed by atoms with Gasteiger partial charge in [-0.15, -0.1) is 0 Å². The monoisotopic (exact) mass is 931 g/mol. The highest BCUT2D eigenvalue weighted by Crippen LogP contribution is 2.43. The maximum atomic E-state index is 12.8. The molecule has 1 N–H and O–H groups in total. The zero-order valence-corrected chi connectivity index (χ0v) is 44.7. The van der Waals surface area contributed by atoms with Gasteiger partial charge in [0.05, 0.1) is 34.4 Å². The van der Waals surface area contributed by atoms with Gasteiger partial charge in [-0.25, -0.2) is 4.57 Å². The van der Waals surface area contributed by atoms with Crippen LogP contribution < -0.4 is 0 Å². The molecule has 0 heterocycles. The molecule has 64 heavy (non-hydrogen) atoms. The first-order valence-corrected chi connectivity index (χ1v) is 29.8. The minimum absolute atomic E-state index is 0.0943. The van der Waals surface area contributed by atoms with Crippen molar-refractivity contribution in [3.8, 4) is 0 Å². The van der Waals surface area contributed by atoms with E-state index in [-0.39, 0.29) is 25.8 Å². The molecule has 0 amide bonds. The van der Waals surface area contributed by atoms with Crippen LogP contribution in [0.15, 0.2) is 0 Å². The van der Waals surface area contributed by atoms with Crippen LogP contribution in [0.2, 0.25) is 0 Å². The molecular weight excluding hydrogens is 818 g/mol. The number of ether oxygens (including phenoxy) is 2. The largest absolute Gasteiger partial charge is 0.472 e. The average molecular weight is 931 g/mol. The van der Waals surface area contributed by atoms with Crippen molar-refractivity contribution in [1.29, 1.82) is 0 Å². The first kappa shape index (κ1) is 63.5. The third-order valence-electron chi connectivity index (χ3n) is 12.9. The third kappa shape index (κ3) is 52.5. The number of unbranched alkanes of at least 4 members (excludes halogenated alkanes) is 40. The lowest BCUT2D eigenvalue weighted by atomic mass is 10.0. The van der Waals surface area contributed by atoms with Gasteiger partial charge in [0, 0.05) is 13.0 Å². The summed E-state index contributed by atoms with van der Waals surface area (Å²) in [7, 11) is 1.69. The van der Waals surface area contributed by atoms with Gasteiger partial charge in [-0.2, -0.15) is 0 Å². The molecule has 8 nitrogen and oxygen atoms in total. The van der Waals surface area contributed by atoms with Crippen LogP contribution >= 0.6 is 7.82 Å². The van der Waals surface area contributed by atoms with E-state index in [2.05, 4.69) is 13.8 Å². The smallest absolute Gasteiger partial charge is 0.457 e. The molecule has 0 aromatic carbocycles. The lowest BCUT2D eigenvalue weighted by Gasteiger charge is -2.24.